The Morgan fingerprint density at radius 1 is 0.923 bits per heavy atom. The first-order chi connectivity index (χ1) is 12.5. The number of rotatable bonds is 5. The van der Waals surface area contributed by atoms with E-state index in [1.54, 1.807) is 12.1 Å². The van der Waals surface area contributed by atoms with Crippen LogP contribution in [0.5, 0.6) is 0 Å². The quantitative estimate of drug-likeness (QED) is 0.677. The predicted octanol–water partition coefficient (Wildman–Crippen LogP) is 3.16. The third kappa shape index (κ3) is 4.29. The van der Waals surface area contributed by atoms with Gasteiger partial charge in [0.05, 0.1) is 7.11 Å². The third-order valence-electron chi connectivity index (χ3n) is 3.43. The molecule has 8 heteroatoms. The van der Waals surface area contributed by atoms with Crippen LogP contribution in [0.25, 0.3) is 0 Å². The van der Waals surface area contributed by atoms with Gasteiger partial charge in [0, 0.05) is 22.8 Å². The lowest BCUT2D eigenvalue weighted by Gasteiger charge is -2.09. The van der Waals surface area contributed by atoms with Crippen LogP contribution in [0, 0.1) is 13.8 Å². The number of anilines is 4. The molecule has 2 aromatic heterocycles. The second-order valence-electron chi connectivity index (χ2n) is 5.60. The molecule has 0 fully saturated rings. The fourth-order valence-electron chi connectivity index (χ4n) is 2.35. The molecule has 0 aliphatic heterocycles. The van der Waals surface area contributed by atoms with Crippen molar-refractivity contribution in [3.63, 3.8) is 0 Å². The van der Waals surface area contributed by atoms with Gasteiger partial charge in [-0.05, 0) is 50.2 Å². The summed E-state index contributed by atoms with van der Waals surface area (Å²) in [6.07, 6.45) is 0. The first kappa shape index (κ1) is 17.3. The second kappa shape index (κ2) is 7.56. The smallest absolute Gasteiger partial charge is 0.358 e. The summed E-state index contributed by atoms with van der Waals surface area (Å²) in [4.78, 5) is 20.1. The van der Waals surface area contributed by atoms with Gasteiger partial charge in [0.25, 0.3) is 0 Å². The molecule has 0 unspecified atom stereocenters. The van der Waals surface area contributed by atoms with E-state index in [0.29, 0.717) is 11.8 Å². The molecule has 3 aromatic rings. The number of carbonyl (C=O) groups is 1. The molecule has 0 saturated carbocycles. The van der Waals surface area contributed by atoms with Gasteiger partial charge in [0.1, 0.15) is 0 Å². The molecule has 0 aliphatic rings. The van der Waals surface area contributed by atoms with Crippen LogP contribution in [0.3, 0.4) is 0 Å². The van der Waals surface area contributed by atoms with E-state index in [4.69, 9.17) is 0 Å². The van der Waals surface area contributed by atoms with Crippen LogP contribution in [0.2, 0.25) is 0 Å². The molecular weight excluding hydrogens is 332 g/mol. The van der Waals surface area contributed by atoms with Crippen LogP contribution in [-0.4, -0.2) is 33.2 Å². The summed E-state index contributed by atoms with van der Waals surface area (Å²) in [5.41, 5.74) is 3.59. The van der Waals surface area contributed by atoms with Gasteiger partial charge in [-0.1, -0.05) is 6.07 Å². The van der Waals surface area contributed by atoms with Gasteiger partial charge in [-0.25, -0.2) is 14.8 Å². The van der Waals surface area contributed by atoms with Gasteiger partial charge in [0.2, 0.25) is 5.95 Å². The van der Waals surface area contributed by atoms with Crippen molar-refractivity contribution in [3.05, 3.63) is 59.5 Å². The molecule has 0 aliphatic carbocycles. The zero-order valence-corrected chi connectivity index (χ0v) is 14.6. The molecule has 0 bridgehead atoms. The van der Waals surface area contributed by atoms with E-state index in [1.165, 1.54) is 7.11 Å². The molecule has 8 nitrogen and oxygen atoms in total. The minimum atomic E-state index is -0.524. The highest BCUT2D eigenvalue weighted by Crippen LogP contribution is 2.21. The number of esters is 1. The monoisotopic (exact) mass is 350 g/mol. The lowest BCUT2D eigenvalue weighted by molar-refractivity contribution is 0.0593. The molecule has 132 valence electrons. The topological polar surface area (TPSA) is 102 Å². The van der Waals surface area contributed by atoms with Crippen molar-refractivity contribution >= 4 is 29.1 Å². The fourth-order valence-corrected chi connectivity index (χ4v) is 2.35. The number of ether oxygens (including phenoxy) is 1. The molecule has 1 aromatic carbocycles. The van der Waals surface area contributed by atoms with Crippen LogP contribution in [0.4, 0.5) is 23.1 Å². The minimum absolute atomic E-state index is 0.153. The van der Waals surface area contributed by atoms with E-state index in [9.17, 15) is 4.79 Å². The molecule has 0 amide bonds. The highest BCUT2D eigenvalue weighted by molar-refractivity contribution is 5.87. The Morgan fingerprint density at radius 3 is 2.23 bits per heavy atom. The van der Waals surface area contributed by atoms with Crippen molar-refractivity contribution in [2.45, 2.75) is 13.8 Å². The van der Waals surface area contributed by atoms with Gasteiger partial charge >= 0.3 is 5.97 Å². The highest BCUT2D eigenvalue weighted by Gasteiger charge is 2.08. The van der Waals surface area contributed by atoms with Crippen LogP contribution >= 0.6 is 0 Å². The summed E-state index contributed by atoms with van der Waals surface area (Å²) in [6, 6.07) is 12.7. The van der Waals surface area contributed by atoms with Gasteiger partial charge in [-0.2, -0.15) is 0 Å². The summed E-state index contributed by atoms with van der Waals surface area (Å²) in [5.74, 6) is 0.531. The lowest BCUT2D eigenvalue weighted by atomic mass is 10.2. The summed E-state index contributed by atoms with van der Waals surface area (Å²) in [6.45, 7) is 3.85. The molecule has 2 heterocycles. The number of hydrogen-bond acceptors (Lipinski definition) is 8. The first-order valence-electron chi connectivity index (χ1n) is 7.92. The SMILES string of the molecule is COC(=O)c1ccc(Nc2cccc(Nc3nc(C)cc(C)n3)c2)nn1. The minimum Gasteiger partial charge on any atom is -0.464 e. The molecule has 0 saturated heterocycles. The van der Waals surface area contributed by atoms with E-state index in [1.807, 2.05) is 44.2 Å². The lowest BCUT2D eigenvalue weighted by Crippen LogP contribution is -2.06. The van der Waals surface area contributed by atoms with Crippen molar-refractivity contribution in [3.8, 4) is 0 Å². The molecular formula is C18H18N6O2. The second-order valence-corrected chi connectivity index (χ2v) is 5.60. The number of carbonyl (C=O) groups excluding carboxylic acids is 1. The molecule has 0 radical (unpaired) electrons. The molecule has 0 atom stereocenters. The Labute approximate surface area is 150 Å². The normalized spacial score (nSPS) is 10.3. The van der Waals surface area contributed by atoms with Crippen molar-refractivity contribution in [2.75, 3.05) is 17.7 Å². The zero-order chi connectivity index (χ0) is 18.5. The van der Waals surface area contributed by atoms with Crippen LogP contribution < -0.4 is 10.6 Å². The molecule has 3 rings (SSSR count). The Hall–Kier alpha value is -3.55. The number of aryl methyl sites for hydroxylation is 2. The largest absolute Gasteiger partial charge is 0.464 e. The van der Waals surface area contributed by atoms with Crippen molar-refractivity contribution in [1.82, 2.24) is 20.2 Å². The standard InChI is InChI=1S/C18H18N6O2/c1-11-9-12(2)20-18(19-11)22-14-6-4-5-13(10-14)21-16-8-7-15(23-24-16)17(25)26-3/h4-10H,1-3H3,(H,21,24)(H,19,20,22). The Bertz CT molecular complexity index is 907. The van der Waals surface area contributed by atoms with E-state index in [-0.39, 0.29) is 5.69 Å². The Morgan fingerprint density at radius 2 is 1.62 bits per heavy atom. The molecule has 26 heavy (non-hydrogen) atoms. The zero-order valence-electron chi connectivity index (χ0n) is 14.6. The van der Waals surface area contributed by atoms with Crippen LogP contribution in [0.15, 0.2) is 42.5 Å². The van der Waals surface area contributed by atoms with Gasteiger partial charge < -0.3 is 15.4 Å². The maximum Gasteiger partial charge on any atom is 0.358 e. The highest BCUT2D eigenvalue weighted by atomic mass is 16.5. The predicted molar refractivity (Wildman–Crippen MR) is 97.9 cm³/mol. The average molecular weight is 350 g/mol. The summed E-state index contributed by atoms with van der Waals surface area (Å²) >= 11 is 0. The third-order valence-corrected chi connectivity index (χ3v) is 3.43. The number of nitrogens with zero attached hydrogens (tertiary/aromatic N) is 4. The Balaban J connectivity index is 1.74. The number of aromatic nitrogens is 4. The number of nitrogens with one attached hydrogen (secondary N) is 2. The van der Waals surface area contributed by atoms with E-state index >= 15 is 0 Å². The fraction of sp³-hybridized carbons (Fsp3) is 0.167. The molecule has 0 spiro atoms. The first-order valence-corrected chi connectivity index (χ1v) is 7.92. The average Bonchev–Trinajstić information content (AvgIpc) is 2.61. The van der Waals surface area contributed by atoms with E-state index < -0.39 is 5.97 Å². The van der Waals surface area contributed by atoms with Crippen LogP contribution in [-0.2, 0) is 4.74 Å². The summed E-state index contributed by atoms with van der Waals surface area (Å²) < 4.78 is 4.60. The van der Waals surface area contributed by atoms with Gasteiger partial charge in [0.15, 0.2) is 11.5 Å². The van der Waals surface area contributed by atoms with Gasteiger partial charge in [-0.3, -0.25) is 0 Å². The van der Waals surface area contributed by atoms with E-state index in [0.717, 1.165) is 22.8 Å². The maximum atomic E-state index is 11.4. The maximum absolute atomic E-state index is 11.4. The van der Waals surface area contributed by atoms with Crippen molar-refractivity contribution < 1.29 is 9.53 Å². The van der Waals surface area contributed by atoms with Crippen LogP contribution in [0.1, 0.15) is 21.9 Å². The van der Waals surface area contributed by atoms with Crippen molar-refractivity contribution in [1.29, 1.82) is 0 Å². The summed E-state index contributed by atoms with van der Waals surface area (Å²) in [7, 11) is 1.30. The Kier molecular flexibility index (Phi) is 5.02. The molecule has 2 N–H and O–H groups in total. The summed E-state index contributed by atoms with van der Waals surface area (Å²) in [5, 5.41) is 14.1. The van der Waals surface area contributed by atoms with E-state index in [2.05, 4.69) is 35.5 Å². The van der Waals surface area contributed by atoms with Crippen molar-refractivity contribution in [2.24, 2.45) is 0 Å². The number of methoxy groups -OCH3 is 1. The number of benzene rings is 1. The van der Waals surface area contributed by atoms with Gasteiger partial charge in [-0.15, -0.1) is 10.2 Å². The number of hydrogen-bond donors (Lipinski definition) is 2.